The Kier molecular flexibility index (Phi) is 3.90. The summed E-state index contributed by atoms with van der Waals surface area (Å²) in [6.45, 7) is 4.38. The van der Waals surface area contributed by atoms with Crippen LogP contribution in [0.2, 0.25) is 0 Å². The number of aryl methyl sites for hydroxylation is 2. The molecule has 0 aliphatic heterocycles. The lowest BCUT2D eigenvalue weighted by atomic mass is 10.0. The summed E-state index contributed by atoms with van der Waals surface area (Å²) in [5.74, 6) is 0.760. The molecule has 0 bridgehead atoms. The third kappa shape index (κ3) is 3.16. The third-order valence-corrected chi connectivity index (χ3v) is 3.09. The Bertz CT molecular complexity index is 574. The number of rotatable bonds is 4. The van der Waals surface area contributed by atoms with Crippen LogP contribution in [-0.2, 0) is 6.42 Å². The lowest BCUT2D eigenvalue weighted by molar-refractivity contribution is 0.0953. The van der Waals surface area contributed by atoms with Gasteiger partial charge in [-0.25, -0.2) is 0 Å². The van der Waals surface area contributed by atoms with Crippen LogP contribution in [0.4, 0.5) is 5.69 Å². The fourth-order valence-electron chi connectivity index (χ4n) is 1.96. The topological polar surface area (TPSA) is 68.3 Å². The summed E-state index contributed by atoms with van der Waals surface area (Å²) in [7, 11) is 0. The Morgan fingerprint density at radius 3 is 2.79 bits per heavy atom. The molecule has 1 heterocycles. The quantitative estimate of drug-likeness (QED) is 0.828. The second-order valence-electron chi connectivity index (χ2n) is 4.61. The number of furan rings is 1. The number of nitrogens with two attached hydrogens (primary N) is 1. The molecule has 1 amide bonds. The van der Waals surface area contributed by atoms with E-state index in [0.29, 0.717) is 24.2 Å². The molecular weight excluding hydrogens is 240 g/mol. The minimum Gasteiger partial charge on any atom is -0.469 e. The van der Waals surface area contributed by atoms with Crippen LogP contribution in [0.3, 0.4) is 0 Å². The maximum absolute atomic E-state index is 12.1. The molecule has 2 aromatic rings. The molecule has 1 aromatic heterocycles. The van der Waals surface area contributed by atoms with Gasteiger partial charge in [-0.2, -0.15) is 0 Å². The number of hydrogen-bond donors (Lipinski definition) is 2. The molecule has 0 unspecified atom stereocenters. The molecule has 100 valence electrons. The number of carbonyl (C=O) groups excluding carboxylic acids is 1. The first kappa shape index (κ1) is 13.2. The average Bonchev–Trinajstić information content (AvgIpc) is 2.86. The highest BCUT2D eigenvalue weighted by Gasteiger charge is 2.10. The highest BCUT2D eigenvalue weighted by Crippen LogP contribution is 2.17. The monoisotopic (exact) mass is 258 g/mol. The minimum absolute atomic E-state index is 0.101. The Morgan fingerprint density at radius 2 is 2.11 bits per heavy atom. The van der Waals surface area contributed by atoms with Gasteiger partial charge in [-0.3, -0.25) is 4.79 Å². The number of carbonyl (C=O) groups is 1. The van der Waals surface area contributed by atoms with E-state index in [4.69, 9.17) is 10.2 Å². The van der Waals surface area contributed by atoms with E-state index in [2.05, 4.69) is 5.32 Å². The SMILES string of the molecule is Cc1cc(C)c(C(=O)NCCc2ccco2)cc1N. The average molecular weight is 258 g/mol. The fraction of sp³-hybridized carbons (Fsp3) is 0.267. The van der Waals surface area contributed by atoms with Gasteiger partial charge >= 0.3 is 0 Å². The molecule has 0 spiro atoms. The van der Waals surface area contributed by atoms with Gasteiger partial charge in [-0.15, -0.1) is 0 Å². The second kappa shape index (κ2) is 5.61. The van der Waals surface area contributed by atoms with E-state index in [1.165, 1.54) is 0 Å². The van der Waals surface area contributed by atoms with Crippen LogP contribution in [0.25, 0.3) is 0 Å². The van der Waals surface area contributed by atoms with Crippen molar-refractivity contribution < 1.29 is 9.21 Å². The largest absolute Gasteiger partial charge is 0.469 e. The lowest BCUT2D eigenvalue weighted by Crippen LogP contribution is -2.26. The van der Waals surface area contributed by atoms with E-state index in [1.807, 2.05) is 32.0 Å². The first-order valence-electron chi connectivity index (χ1n) is 6.25. The molecular formula is C15H18N2O2. The first-order valence-corrected chi connectivity index (χ1v) is 6.25. The molecule has 0 saturated heterocycles. The molecule has 0 radical (unpaired) electrons. The lowest BCUT2D eigenvalue weighted by Gasteiger charge is -2.10. The molecule has 0 atom stereocenters. The smallest absolute Gasteiger partial charge is 0.251 e. The summed E-state index contributed by atoms with van der Waals surface area (Å²) in [6, 6.07) is 7.38. The summed E-state index contributed by atoms with van der Waals surface area (Å²) >= 11 is 0. The molecule has 4 heteroatoms. The van der Waals surface area contributed by atoms with Crippen LogP contribution in [0.15, 0.2) is 34.9 Å². The van der Waals surface area contributed by atoms with Crippen LogP contribution < -0.4 is 11.1 Å². The van der Waals surface area contributed by atoms with Crippen molar-refractivity contribution in [3.63, 3.8) is 0 Å². The Morgan fingerprint density at radius 1 is 1.32 bits per heavy atom. The summed E-state index contributed by atoms with van der Waals surface area (Å²) in [4.78, 5) is 12.1. The van der Waals surface area contributed by atoms with Gasteiger partial charge in [0.2, 0.25) is 0 Å². The third-order valence-electron chi connectivity index (χ3n) is 3.09. The first-order chi connectivity index (χ1) is 9.08. The number of nitrogen functional groups attached to an aromatic ring is 1. The van der Waals surface area contributed by atoms with E-state index >= 15 is 0 Å². The molecule has 1 aromatic carbocycles. The molecule has 3 N–H and O–H groups in total. The molecule has 0 saturated carbocycles. The van der Waals surface area contributed by atoms with Gasteiger partial charge in [0, 0.05) is 24.2 Å². The van der Waals surface area contributed by atoms with Crippen LogP contribution in [-0.4, -0.2) is 12.5 Å². The molecule has 0 aliphatic rings. The van der Waals surface area contributed by atoms with Crippen molar-refractivity contribution in [3.05, 3.63) is 53.0 Å². The van der Waals surface area contributed by atoms with Gasteiger partial charge in [0.15, 0.2) is 0 Å². The van der Waals surface area contributed by atoms with Crippen molar-refractivity contribution in [3.8, 4) is 0 Å². The van der Waals surface area contributed by atoms with Crippen molar-refractivity contribution in [1.82, 2.24) is 5.32 Å². The van der Waals surface area contributed by atoms with Gasteiger partial charge in [0.25, 0.3) is 5.91 Å². The number of benzene rings is 1. The van der Waals surface area contributed by atoms with Gasteiger partial charge in [-0.1, -0.05) is 6.07 Å². The van der Waals surface area contributed by atoms with E-state index in [0.717, 1.165) is 16.9 Å². The van der Waals surface area contributed by atoms with Crippen LogP contribution in [0, 0.1) is 13.8 Å². The molecule has 19 heavy (non-hydrogen) atoms. The summed E-state index contributed by atoms with van der Waals surface area (Å²) in [5, 5.41) is 2.87. The van der Waals surface area contributed by atoms with Crippen molar-refractivity contribution in [1.29, 1.82) is 0 Å². The molecule has 0 fully saturated rings. The maximum atomic E-state index is 12.1. The standard InChI is InChI=1S/C15H18N2O2/c1-10-8-11(2)14(16)9-13(10)15(18)17-6-5-12-4-3-7-19-12/h3-4,7-9H,5-6,16H2,1-2H3,(H,17,18). The zero-order chi connectivity index (χ0) is 13.8. The van der Waals surface area contributed by atoms with Crippen LogP contribution in [0.1, 0.15) is 27.2 Å². The number of hydrogen-bond acceptors (Lipinski definition) is 3. The van der Waals surface area contributed by atoms with E-state index in [-0.39, 0.29) is 5.91 Å². The predicted octanol–water partition coefficient (Wildman–Crippen LogP) is 2.45. The van der Waals surface area contributed by atoms with E-state index in [9.17, 15) is 4.79 Å². The Balaban J connectivity index is 1.98. The number of anilines is 1. The summed E-state index contributed by atoms with van der Waals surface area (Å²) in [6.07, 6.45) is 2.31. The van der Waals surface area contributed by atoms with E-state index in [1.54, 1.807) is 12.3 Å². The van der Waals surface area contributed by atoms with Gasteiger partial charge in [0.05, 0.1) is 6.26 Å². The van der Waals surface area contributed by atoms with Crippen molar-refractivity contribution >= 4 is 11.6 Å². The zero-order valence-corrected chi connectivity index (χ0v) is 11.2. The molecule has 2 rings (SSSR count). The van der Waals surface area contributed by atoms with Crippen molar-refractivity contribution in [2.24, 2.45) is 0 Å². The Labute approximate surface area is 112 Å². The normalized spacial score (nSPS) is 10.4. The highest BCUT2D eigenvalue weighted by atomic mass is 16.3. The number of nitrogens with one attached hydrogen (secondary N) is 1. The predicted molar refractivity (Wildman–Crippen MR) is 75.1 cm³/mol. The zero-order valence-electron chi connectivity index (χ0n) is 11.2. The van der Waals surface area contributed by atoms with Gasteiger partial charge in [0.1, 0.15) is 5.76 Å². The van der Waals surface area contributed by atoms with Gasteiger partial charge < -0.3 is 15.5 Å². The van der Waals surface area contributed by atoms with Crippen LogP contribution in [0.5, 0.6) is 0 Å². The van der Waals surface area contributed by atoms with Crippen molar-refractivity contribution in [2.75, 3.05) is 12.3 Å². The molecule has 4 nitrogen and oxygen atoms in total. The number of amides is 1. The maximum Gasteiger partial charge on any atom is 0.251 e. The van der Waals surface area contributed by atoms with Crippen LogP contribution >= 0.6 is 0 Å². The summed E-state index contributed by atoms with van der Waals surface area (Å²) < 4.78 is 5.21. The minimum atomic E-state index is -0.101. The Hall–Kier alpha value is -2.23. The fourth-order valence-corrected chi connectivity index (χ4v) is 1.96. The van der Waals surface area contributed by atoms with E-state index < -0.39 is 0 Å². The van der Waals surface area contributed by atoms with Crippen molar-refractivity contribution in [2.45, 2.75) is 20.3 Å². The molecule has 0 aliphatic carbocycles. The highest BCUT2D eigenvalue weighted by molar-refractivity contribution is 5.96. The van der Waals surface area contributed by atoms with Gasteiger partial charge in [-0.05, 0) is 43.2 Å². The second-order valence-corrected chi connectivity index (χ2v) is 4.61. The summed E-state index contributed by atoms with van der Waals surface area (Å²) in [5.41, 5.74) is 9.03.